The van der Waals surface area contributed by atoms with Crippen molar-refractivity contribution >= 4 is 41.5 Å². The largest absolute Gasteiger partial charge is 0.397 e. The lowest BCUT2D eigenvalue weighted by Gasteiger charge is -2.21. The fourth-order valence-corrected chi connectivity index (χ4v) is 3.57. The predicted octanol–water partition coefficient (Wildman–Crippen LogP) is 4.65. The summed E-state index contributed by atoms with van der Waals surface area (Å²) < 4.78 is 0. The van der Waals surface area contributed by atoms with Crippen LogP contribution in [0, 0.1) is 0 Å². The number of rotatable bonds is 1. The molecule has 0 atom stereocenters. The Labute approximate surface area is 154 Å². The first-order chi connectivity index (χ1) is 12.0. The van der Waals surface area contributed by atoms with Gasteiger partial charge >= 0.3 is 0 Å². The van der Waals surface area contributed by atoms with Gasteiger partial charge < -0.3 is 5.73 Å². The van der Waals surface area contributed by atoms with Crippen molar-refractivity contribution in [2.45, 2.75) is 4.90 Å². The van der Waals surface area contributed by atoms with Crippen LogP contribution >= 0.6 is 24.2 Å². The minimum Gasteiger partial charge on any atom is -0.397 e. The maximum atomic E-state index is 13.0. The molecule has 25 heavy (non-hydrogen) atoms. The van der Waals surface area contributed by atoms with Crippen LogP contribution in [0.4, 0.5) is 5.69 Å². The first-order valence-electron chi connectivity index (χ1n) is 7.59. The lowest BCUT2D eigenvalue weighted by Crippen LogP contribution is -2.22. The number of hydrogen-bond acceptors (Lipinski definition) is 4. The Morgan fingerprint density at radius 2 is 1.48 bits per heavy atom. The van der Waals surface area contributed by atoms with Gasteiger partial charge in [-0.2, -0.15) is 0 Å². The maximum Gasteiger partial charge on any atom is 0.196 e. The number of hydrogen-bond donors (Lipinski definition) is 2. The van der Waals surface area contributed by atoms with E-state index >= 15 is 0 Å². The van der Waals surface area contributed by atoms with Crippen molar-refractivity contribution in [3.05, 3.63) is 81.9 Å². The molecule has 0 fully saturated rings. The number of benzene rings is 3. The van der Waals surface area contributed by atoms with Gasteiger partial charge in [0.05, 0.1) is 11.3 Å². The number of carbonyl (C=O) groups excluding carboxylic acids is 2. The summed E-state index contributed by atoms with van der Waals surface area (Å²) in [5.74, 6) is -0.544. The Kier molecular flexibility index (Phi) is 3.67. The molecular weight excluding hydrogens is 354 g/mol. The standard InChI is InChI=1S/C20H12ClNO2S/c21-15-9-14-13(8-12(15)10-4-2-1-3-5-10)20(24)17-11(19(14)23)6-7-16(25)18(17)22/h1-9,25H,22H2. The van der Waals surface area contributed by atoms with Gasteiger partial charge in [-0.15, -0.1) is 12.6 Å². The minimum atomic E-state index is -0.285. The van der Waals surface area contributed by atoms with Gasteiger partial charge in [-0.1, -0.05) is 41.9 Å². The predicted molar refractivity (Wildman–Crippen MR) is 102 cm³/mol. The third-order valence-corrected chi connectivity index (χ3v) is 5.08. The van der Waals surface area contributed by atoms with Crippen LogP contribution in [-0.2, 0) is 0 Å². The van der Waals surface area contributed by atoms with Crippen LogP contribution < -0.4 is 5.73 Å². The highest BCUT2D eigenvalue weighted by Crippen LogP contribution is 2.38. The summed E-state index contributed by atoms with van der Waals surface area (Å²) in [4.78, 5) is 26.3. The van der Waals surface area contributed by atoms with Gasteiger partial charge in [0, 0.05) is 32.2 Å². The molecule has 0 heterocycles. The monoisotopic (exact) mass is 365 g/mol. The molecule has 1 aliphatic carbocycles. The highest BCUT2D eigenvalue weighted by Gasteiger charge is 2.33. The van der Waals surface area contributed by atoms with E-state index in [0.717, 1.165) is 5.56 Å². The van der Waals surface area contributed by atoms with Gasteiger partial charge in [-0.3, -0.25) is 9.59 Å². The molecule has 0 spiro atoms. The molecule has 0 saturated heterocycles. The zero-order chi connectivity index (χ0) is 17.7. The van der Waals surface area contributed by atoms with E-state index in [1.807, 2.05) is 30.3 Å². The summed E-state index contributed by atoms with van der Waals surface area (Å²) in [5.41, 5.74) is 8.93. The summed E-state index contributed by atoms with van der Waals surface area (Å²) in [6.45, 7) is 0. The Bertz CT molecular complexity index is 1060. The molecule has 0 radical (unpaired) electrons. The minimum absolute atomic E-state index is 0.214. The normalized spacial score (nSPS) is 12.7. The second kappa shape index (κ2) is 5.76. The fourth-order valence-electron chi connectivity index (χ4n) is 3.11. The quantitative estimate of drug-likeness (QED) is 0.381. The molecule has 0 aliphatic heterocycles. The molecular formula is C20H12ClNO2S. The molecule has 0 unspecified atom stereocenters. The number of anilines is 1. The molecule has 0 aromatic heterocycles. The lowest BCUT2D eigenvalue weighted by atomic mass is 9.82. The zero-order valence-electron chi connectivity index (χ0n) is 12.9. The number of nitrogen functional groups attached to an aromatic ring is 1. The second-order valence-electron chi connectivity index (χ2n) is 5.82. The SMILES string of the molecule is Nc1c(S)ccc2c1C(=O)c1cc(-c3ccccc3)c(Cl)cc1C2=O. The number of halogens is 1. The van der Waals surface area contributed by atoms with E-state index in [2.05, 4.69) is 12.6 Å². The zero-order valence-corrected chi connectivity index (χ0v) is 14.6. The fraction of sp³-hybridized carbons (Fsp3) is 0. The van der Waals surface area contributed by atoms with Crippen LogP contribution in [0.15, 0.2) is 59.5 Å². The summed E-state index contributed by atoms with van der Waals surface area (Å²) in [5, 5.41) is 0.424. The van der Waals surface area contributed by atoms with Crippen molar-refractivity contribution in [3.63, 3.8) is 0 Å². The molecule has 2 N–H and O–H groups in total. The summed E-state index contributed by atoms with van der Waals surface area (Å²) in [7, 11) is 0. The first-order valence-corrected chi connectivity index (χ1v) is 8.41. The van der Waals surface area contributed by atoms with Gasteiger partial charge in [-0.05, 0) is 29.8 Å². The number of fused-ring (bicyclic) bond motifs is 2. The molecule has 3 aromatic carbocycles. The van der Waals surface area contributed by atoms with E-state index in [4.69, 9.17) is 17.3 Å². The van der Waals surface area contributed by atoms with Crippen LogP contribution in [0.25, 0.3) is 11.1 Å². The van der Waals surface area contributed by atoms with Gasteiger partial charge in [0.25, 0.3) is 0 Å². The molecule has 5 heteroatoms. The highest BCUT2D eigenvalue weighted by molar-refractivity contribution is 7.80. The van der Waals surface area contributed by atoms with Gasteiger partial charge in [0.15, 0.2) is 11.6 Å². The molecule has 1 aliphatic rings. The summed E-state index contributed by atoms with van der Waals surface area (Å²) >= 11 is 10.6. The van der Waals surface area contributed by atoms with Gasteiger partial charge in [0.1, 0.15) is 0 Å². The Hall–Kier alpha value is -2.56. The second-order valence-corrected chi connectivity index (χ2v) is 6.71. The molecule has 4 rings (SSSR count). The van der Waals surface area contributed by atoms with Crippen molar-refractivity contribution in [3.8, 4) is 11.1 Å². The molecule has 0 saturated carbocycles. The Balaban J connectivity index is 1.98. The summed E-state index contributed by atoms with van der Waals surface area (Å²) in [6, 6.07) is 15.9. The van der Waals surface area contributed by atoms with Crippen molar-refractivity contribution in [1.29, 1.82) is 0 Å². The average molecular weight is 366 g/mol. The number of ketones is 2. The third kappa shape index (κ3) is 2.37. The van der Waals surface area contributed by atoms with E-state index < -0.39 is 0 Å². The van der Waals surface area contributed by atoms with Gasteiger partial charge in [0.2, 0.25) is 0 Å². The van der Waals surface area contributed by atoms with Gasteiger partial charge in [-0.25, -0.2) is 0 Å². The molecule has 3 nitrogen and oxygen atoms in total. The van der Waals surface area contributed by atoms with Crippen molar-refractivity contribution in [2.75, 3.05) is 5.73 Å². The van der Waals surface area contributed by atoms with Crippen LogP contribution in [-0.4, -0.2) is 11.6 Å². The average Bonchev–Trinajstić information content (AvgIpc) is 2.62. The van der Waals surface area contributed by atoms with Crippen molar-refractivity contribution < 1.29 is 9.59 Å². The molecule has 0 amide bonds. The lowest BCUT2D eigenvalue weighted by molar-refractivity contribution is 0.0979. The molecule has 0 bridgehead atoms. The van der Waals surface area contributed by atoms with Crippen LogP contribution in [0.1, 0.15) is 31.8 Å². The smallest absolute Gasteiger partial charge is 0.196 e. The number of thiol groups is 1. The molecule has 122 valence electrons. The van der Waals surface area contributed by atoms with Crippen LogP contribution in [0.5, 0.6) is 0 Å². The highest BCUT2D eigenvalue weighted by atomic mass is 35.5. The number of nitrogens with two attached hydrogens (primary N) is 1. The topological polar surface area (TPSA) is 60.2 Å². The third-order valence-electron chi connectivity index (χ3n) is 4.38. The van der Waals surface area contributed by atoms with Crippen molar-refractivity contribution in [2.24, 2.45) is 0 Å². The van der Waals surface area contributed by atoms with Crippen LogP contribution in [0.3, 0.4) is 0 Å². The van der Waals surface area contributed by atoms with E-state index in [1.165, 1.54) is 0 Å². The summed E-state index contributed by atoms with van der Waals surface area (Å²) in [6.07, 6.45) is 0. The van der Waals surface area contributed by atoms with E-state index in [9.17, 15) is 9.59 Å². The number of carbonyl (C=O) groups is 2. The van der Waals surface area contributed by atoms with Crippen molar-refractivity contribution in [1.82, 2.24) is 0 Å². The molecule has 3 aromatic rings. The first kappa shape index (κ1) is 15.9. The van der Waals surface area contributed by atoms with Crippen LogP contribution in [0.2, 0.25) is 5.02 Å². The maximum absolute atomic E-state index is 13.0. The Morgan fingerprint density at radius 1 is 0.800 bits per heavy atom. The van der Waals surface area contributed by atoms with E-state index in [0.29, 0.717) is 26.6 Å². The van der Waals surface area contributed by atoms with E-state index in [-0.39, 0.29) is 28.4 Å². The Morgan fingerprint density at radius 3 is 2.20 bits per heavy atom. The van der Waals surface area contributed by atoms with E-state index in [1.54, 1.807) is 24.3 Å².